The molecule has 0 fully saturated rings. The predicted molar refractivity (Wildman–Crippen MR) is 143 cm³/mol. The van der Waals surface area contributed by atoms with Crippen molar-refractivity contribution < 1.29 is 4.57 Å². The zero-order valence-electron chi connectivity index (χ0n) is 19.1. The Morgan fingerprint density at radius 2 is 1.30 bits per heavy atom. The van der Waals surface area contributed by atoms with Gasteiger partial charge in [0.2, 0.25) is 0 Å². The lowest BCUT2D eigenvalue weighted by Crippen LogP contribution is -2.09. The maximum atomic E-state index is 11.5. The van der Waals surface area contributed by atoms with Gasteiger partial charge in [-0.1, -0.05) is 11.6 Å². The molecule has 0 unspecified atom stereocenters. The Hall–Kier alpha value is -3.15. The van der Waals surface area contributed by atoms with Crippen LogP contribution in [0.1, 0.15) is 0 Å². The van der Waals surface area contributed by atoms with Crippen LogP contribution in [0.3, 0.4) is 0 Å². The largest absolute Gasteiger partial charge is 0.339 e. The summed E-state index contributed by atoms with van der Waals surface area (Å²) in [6.07, 6.45) is 13.9. The molecule has 0 aromatic carbocycles. The summed E-state index contributed by atoms with van der Waals surface area (Å²) in [7, 11) is 3.73. The fraction of sp³-hybridized carbons (Fsp3) is 0.100. The van der Waals surface area contributed by atoms with Crippen molar-refractivity contribution in [2.75, 3.05) is 0 Å². The smallest absolute Gasteiger partial charge is 0.310 e. The summed E-state index contributed by atoms with van der Waals surface area (Å²) in [5.41, 5.74) is 5.12. The Kier molecular flexibility index (Phi) is 8.05. The number of H-pyrrole nitrogens is 1. The van der Waals surface area contributed by atoms with Crippen LogP contribution in [0.2, 0.25) is 5.15 Å². The van der Waals surface area contributed by atoms with E-state index >= 15 is 0 Å². The molecule has 37 heavy (non-hydrogen) atoms. The van der Waals surface area contributed by atoms with Crippen LogP contribution in [-0.2, 0) is 18.7 Å². The Morgan fingerprint density at radius 3 is 1.76 bits per heavy atom. The van der Waals surface area contributed by atoms with Gasteiger partial charge >= 0.3 is 5.20 Å². The van der Waals surface area contributed by atoms with Crippen LogP contribution in [0.5, 0.6) is 0 Å². The molecule has 192 valence electrons. The lowest BCUT2D eigenvalue weighted by molar-refractivity contribution is 0.600. The number of nitrogens with one attached hydrogen (secondary N) is 1. The molecule has 6 aromatic heterocycles. The molecule has 0 aliphatic heterocycles. The summed E-state index contributed by atoms with van der Waals surface area (Å²) in [5, 5.41) is 13.6. The van der Waals surface area contributed by atoms with Crippen molar-refractivity contribution >= 4 is 61.6 Å². The second-order valence-corrected chi connectivity index (χ2v) is 14.5. The monoisotopic (exact) mass is 600 g/mol. The third-order valence-electron chi connectivity index (χ3n) is 4.85. The van der Waals surface area contributed by atoms with Gasteiger partial charge in [-0.15, -0.1) is 0 Å². The van der Waals surface area contributed by atoms with Gasteiger partial charge in [-0.25, -0.2) is 14.0 Å². The Bertz CT molecular complexity index is 1770. The van der Waals surface area contributed by atoms with Crippen LogP contribution >= 0.6 is 50.5 Å². The molecule has 6 rings (SSSR count). The molecule has 12 nitrogen and oxygen atoms in total. The van der Waals surface area contributed by atoms with E-state index in [-0.39, 0.29) is 5.56 Å². The molecule has 0 amide bonds. The fourth-order valence-corrected chi connectivity index (χ4v) is 3.48. The van der Waals surface area contributed by atoms with E-state index in [0.717, 1.165) is 27.8 Å². The van der Waals surface area contributed by atoms with Gasteiger partial charge in [0.1, 0.15) is 23.7 Å². The maximum Gasteiger partial charge on any atom is 0.339 e. The van der Waals surface area contributed by atoms with Gasteiger partial charge in [-0.2, -0.15) is 20.4 Å². The number of rotatable bonds is 2. The highest BCUT2D eigenvalue weighted by Crippen LogP contribution is 2.61. The molecule has 1 N–H and O–H groups in total. The van der Waals surface area contributed by atoms with Crippen molar-refractivity contribution in [3.8, 4) is 22.3 Å². The highest BCUT2D eigenvalue weighted by molar-refractivity contribution is 8.24. The van der Waals surface area contributed by atoms with Crippen LogP contribution < -0.4 is 5.56 Å². The minimum atomic E-state index is -3.22. The van der Waals surface area contributed by atoms with Crippen molar-refractivity contribution in [3.63, 3.8) is 0 Å². The van der Waals surface area contributed by atoms with Crippen molar-refractivity contribution in [3.05, 3.63) is 77.5 Å². The molecule has 0 bridgehead atoms. The third kappa shape index (κ3) is 7.00. The fourth-order valence-electron chi connectivity index (χ4n) is 3.30. The van der Waals surface area contributed by atoms with Gasteiger partial charge < -0.3 is 4.98 Å². The third-order valence-corrected chi connectivity index (χ3v) is 5.14. The molecule has 0 aliphatic rings. The highest BCUT2D eigenvalue weighted by atomic mass is 36.0. The summed E-state index contributed by atoms with van der Waals surface area (Å²) < 4.78 is 16.2. The van der Waals surface area contributed by atoms with E-state index in [9.17, 15) is 9.36 Å². The normalized spacial score (nSPS) is 11.2. The predicted octanol–water partition coefficient (Wildman–Crippen LogP) is 5.02. The Labute approximate surface area is 228 Å². The molecular weight excluding hydrogens is 585 g/mol. The minimum absolute atomic E-state index is 0.148. The molecule has 0 spiro atoms. The van der Waals surface area contributed by atoms with Gasteiger partial charge in [0, 0.05) is 61.1 Å². The summed E-state index contributed by atoms with van der Waals surface area (Å²) in [6, 6.07) is 3.74. The molecule has 17 heteroatoms. The highest BCUT2D eigenvalue weighted by Gasteiger charge is 2.08. The lowest BCUT2D eigenvalue weighted by Gasteiger charge is -1.91. The average Bonchev–Trinajstić information content (AvgIpc) is 3.59. The van der Waals surface area contributed by atoms with Gasteiger partial charge in [0.25, 0.3) is 5.56 Å². The standard InChI is InChI=1S/C10H8ClN5.C10H9N5O.Cl3OP/c1-15-4-8(3-13-15)7-2-9-10(11)12-6-14-16(9)5-7;1-14-4-8(3-12-14)7-2-9-10(16)11-6-13-15(9)5-7;1-5(2,3)4/h2-6H,1H3;2-6H,1H3,(H,11,13,16);. The first-order valence-electron chi connectivity index (χ1n) is 10.2. The summed E-state index contributed by atoms with van der Waals surface area (Å²) in [6.45, 7) is 0. The van der Waals surface area contributed by atoms with E-state index in [1.165, 1.54) is 12.7 Å². The first-order valence-corrected chi connectivity index (χ1v) is 15.0. The van der Waals surface area contributed by atoms with E-state index in [2.05, 4.69) is 64.1 Å². The van der Waals surface area contributed by atoms with Gasteiger partial charge in [-0.05, 0) is 45.9 Å². The summed E-state index contributed by atoms with van der Waals surface area (Å²) in [4.78, 5) is 18.0. The van der Waals surface area contributed by atoms with E-state index in [1.54, 1.807) is 36.9 Å². The number of fused-ring (bicyclic) bond motifs is 2. The van der Waals surface area contributed by atoms with E-state index in [4.69, 9.17) is 11.6 Å². The minimum Gasteiger partial charge on any atom is -0.310 e. The summed E-state index contributed by atoms with van der Waals surface area (Å²) in [5.74, 6) is 0. The molecule has 0 aliphatic carbocycles. The average molecular weight is 602 g/mol. The maximum absolute atomic E-state index is 11.5. The number of aryl methyl sites for hydroxylation is 2. The quantitative estimate of drug-likeness (QED) is 0.276. The molecule has 0 radical (unpaired) electrons. The molecule has 0 saturated heterocycles. The van der Waals surface area contributed by atoms with Gasteiger partial charge in [0.15, 0.2) is 5.15 Å². The first kappa shape index (κ1) is 26.9. The lowest BCUT2D eigenvalue weighted by atomic mass is 10.2. The van der Waals surface area contributed by atoms with Crippen LogP contribution in [0, 0.1) is 0 Å². The van der Waals surface area contributed by atoms with E-state index in [1.807, 2.05) is 44.9 Å². The van der Waals surface area contributed by atoms with Crippen molar-refractivity contribution in [1.29, 1.82) is 0 Å². The van der Waals surface area contributed by atoms with Crippen LogP contribution in [0.4, 0.5) is 0 Å². The summed E-state index contributed by atoms with van der Waals surface area (Å²) >= 11 is 19.8. The number of halogens is 4. The number of hydrogen-bond donors (Lipinski definition) is 1. The Morgan fingerprint density at radius 1 is 0.784 bits per heavy atom. The molecule has 0 saturated carbocycles. The van der Waals surface area contributed by atoms with Crippen LogP contribution in [0.15, 0.2) is 66.8 Å². The SMILES string of the molecule is Cn1cc(-c2cc3c(=O)[nH]cnn3c2)cn1.Cn1cc(-c2cc3c(Cl)ncnn3c2)cn1.O=P(Cl)(Cl)Cl. The second kappa shape index (κ2) is 11.1. The van der Waals surface area contributed by atoms with Crippen molar-refractivity contribution in [2.45, 2.75) is 0 Å². The first-order chi connectivity index (χ1) is 17.5. The molecule has 6 aromatic rings. The number of hydrogen-bond acceptors (Lipinski definition) is 7. The van der Waals surface area contributed by atoms with Crippen molar-refractivity contribution in [2.24, 2.45) is 14.1 Å². The van der Waals surface area contributed by atoms with Crippen molar-refractivity contribution in [1.82, 2.24) is 48.8 Å². The van der Waals surface area contributed by atoms with E-state index in [0.29, 0.717) is 10.7 Å². The Balaban J connectivity index is 0.000000147. The second-order valence-electron chi connectivity index (χ2n) is 7.49. The van der Waals surface area contributed by atoms with Crippen LogP contribution in [0.25, 0.3) is 33.3 Å². The van der Waals surface area contributed by atoms with E-state index < -0.39 is 5.20 Å². The molecule has 0 atom stereocenters. The molecular formula is C20H17Cl4N10O2P. The molecule has 6 heterocycles. The van der Waals surface area contributed by atoms with Gasteiger partial charge in [0.05, 0.1) is 12.4 Å². The zero-order valence-corrected chi connectivity index (χ0v) is 23.0. The number of aromatic nitrogens is 10. The number of aromatic amines is 1. The van der Waals surface area contributed by atoms with Crippen LogP contribution in [-0.4, -0.2) is 48.8 Å². The topological polar surface area (TPSA) is 133 Å². The van der Waals surface area contributed by atoms with Gasteiger partial charge in [-0.3, -0.25) is 18.7 Å². The number of nitrogens with zero attached hydrogens (tertiary/aromatic N) is 9. The zero-order chi connectivity index (χ0) is 26.7.